The van der Waals surface area contributed by atoms with Crippen molar-refractivity contribution >= 4 is 22.7 Å². The minimum atomic E-state index is -0.321. The van der Waals surface area contributed by atoms with Gasteiger partial charge in [-0.05, 0) is 50.3 Å². The smallest absolute Gasteiger partial charge is 0.267 e. The Bertz CT molecular complexity index is 967. The van der Waals surface area contributed by atoms with Crippen molar-refractivity contribution in [1.29, 1.82) is 0 Å². The zero-order chi connectivity index (χ0) is 21.5. The zero-order valence-corrected chi connectivity index (χ0v) is 17.8. The van der Waals surface area contributed by atoms with Crippen molar-refractivity contribution in [2.24, 2.45) is 0 Å². The number of hydrogen-bond acceptors (Lipinski definition) is 4. The number of ether oxygens (including phenoxy) is 1. The third-order valence-electron chi connectivity index (χ3n) is 7.06. The first-order valence-corrected chi connectivity index (χ1v) is 11.2. The van der Waals surface area contributed by atoms with Crippen LogP contribution < -0.4 is 5.32 Å². The minimum Gasteiger partial charge on any atom is -0.369 e. The predicted molar refractivity (Wildman–Crippen MR) is 114 cm³/mol. The zero-order valence-electron chi connectivity index (χ0n) is 17.8. The van der Waals surface area contributed by atoms with Gasteiger partial charge in [-0.1, -0.05) is 6.07 Å². The average Bonchev–Trinajstić information content (AvgIpc) is 3.24. The molecule has 1 aromatic heterocycles. The molecular weight excluding hydrogens is 399 g/mol. The number of carbonyl (C=O) groups is 2. The lowest BCUT2D eigenvalue weighted by molar-refractivity contribution is -0.153. The number of rotatable bonds is 3. The van der Waals surface area contributed by atoms with Crippen molar-refractivity contribution in [3.63, 3.8) is 0 Å². The molecule has 1 aromatic carbocycles. The summed E-state index contributed by atoms with van der Waals surface area (Å²) < 4.78 is 19.6. The average molecular weight is 429 g/mol. The number of carbonyl (C=O) groups excluding carboxylic acids is 2. The number of fused-ring (bicyclic) bond motifs is 2. The maximum absolute atomic E-state index is 14.1. The molecule has 8 heteroatoms. The van der Waals surface area contributed by atoms with Crippen molar-refractivity contribution in [1.82, 2.24) is 20.1 Å². The van der Waals surface area contributed by atoms with E-state index in [-0.39, 0.29) is 36.3 Å². The summed E-state index contributed by atoms with van der Waals surface area (Å²) in [6.07, 6.45) is 3.99. The molecule has 1 saturated carbocycles. The lowest BCUT2D eigenvalue weighted by Crippen LogP contribution is -2.62. The number of piperazine rings is 1. The Hall–Kier alpha value is -2.45. The van der Waals surface area contributed by atoms with Gasteiger partial charge in [-0.15, -0.1) is 0 Å². The molecule has 2 saturated heterocycles. The highest BCUT2D eigenvalue weighted by Gasteiger charge is 2.37. The first-order chi connectivity index (χ1) is 15.0. The molecule has 2 amide bonds. The molecule has 3 heterocycles. The van der Waals surface area contributed by atoms with E-state index in [1.165, 1.54) is 6.07 Å². The number of halogens is 1. The number of nitrogens with zero attached hydrogens (tertiary/aromatic N) is 2. The molecule has 0 radical (unpaired) electrons. The third kappa shape index (κ3) is 3.94. The summed E-state index contributed by atoms with van der Waals surface area (Å²) in [6.45, 7) is 5.15. The van der Waals surface area contributed by atoms with Crippen LogP contribution in [0.2, 0.25) is 0 Å². The molecule has 7 nitrogen and oxygen atoms in total. The third-order valence-corrected chi connectivity index (χ3v) is 7.06. The molecule has 5 rings (SSSR count). The molecule has 2 aliphatic heterocycles. The number of amides is 2. The van der Waals surface area contributed by atoms with Crippen LogP contribution in [-0.2, 0) is 9.53 Å². The Balaban J connectivity index is 1.23. The van der Waals surface area contributed by atoms with Crippen LogP contribution >= 0.6 is 0 Å². The second-order valence-corrected chi connectivity index (χ2v) is 9.08. The molecule has 3 aliphatic rings. The Morgan fingerprint density at radius 3 is 2.97 bits per heavy atom. The quantitative estimate of drug-likeness (QED) is 0.786. The summed E-state index contributed by atoms with van der Waals surface area (Å²) in [4.78, 5) is 32.4. The van der Waals surface area contributed by atoms with E-state index in [1.807, 2.05) is 11.8 Å². The molecule has 2 N–H and O–H groups in total. The number of hydrogen-bond donors (Lipinski definition) is 2. The normalized spacial score (nSPS) is 27.4. The predicted octanol–water partition coefficient (Wildman–Crippen LogP) is 2.20. The lowest BCUT2D eigenvalue weighted by Gasteiger charge is -2.47. The van der Waals surface area contributed by atoms with Crippen LogP contribution in [-0.4, -0.2) is 77.6 Å². The summed E-state index contributed by atoms with van der Waals surface area (Å²) in [5.74, 6) is -0.413. The van der Waals surface area contributed by atoms with Crippen LogP contribution in [0.1, 0.15) is 41.7 Å². The number of aromatic amines is 1. The Morgan fingerprint density at radius 2 is 2.13 bits per heavy atom. The molecule has 3 atom stereocenters. The van der Waals surface area contributed by atoms with Gasteiger partial charge < -0.3 is 19.9 Å². The number of nitrogens with one attached hydrogen (secondary N) is 2. The largest absolute Gasteiger partial charge is 0.369 e. The number of H-pyrrole nitrogens is 1. The van der Waals surface area contributed by atoms with Gasteiger partial charge in [0.15, 0.2) is 0 Å². The monoisotopic (exact) mass is 428 g/mol. The second kappa shape index (κ2) is 8.24. The van der Waals surface area contributed by atoms with E-state index in [2.05, 4.69) is 15.2 Å². The summed E-state index contributed by atoms with van der Waals surface area (Å²) in [5.41, 5.74) is 1.99. The molecule has 0 unspecified atom stereocenters. The van der Waals surface area contributed by atoms with Crippen LogP contribution in [0.5, 0.6) is 0 Å². The molecular formula is C23H29FN4O3. The van der Waals surface area contributed by atoms with Crippen LogP contribution in [0.25, 0.3) is 10.9 Å². The fourth-order valence-corrected chi connectivity index (χ4v) is 5.38. The van der Waals surface area contributed by atoms with Crippen LogP contribution in [0.3, 0.4) is 0 Å². The highest BCUT2D eigenvalue weighted by Crippen LogP contribution is 2.27. The standard InChI is InChI=1S/C23H29FN4O3/c1-14-5-6-19(24)18-10-20(26-22(14)18)23(30)25-15-3-2-4-16(9-15)27-7-8-28-17(11-27)12-31-13-21(28)29/h5-6,10,15-17,26H,2-4,7-9,11-13H2,1H3,(H,25,30)/t15-,16-,17-/m1/s1. The Labute approximate surface area is 180 Å². The minimum absolute atomic E-state index is 0.0888. The second-order valence-electron chi connectivity index (χ2n) is 9.08. The van der Waals surface area contributed by atoms with Gasteiger partial charge in [-0.3, -0.25) is 14.5 Å². The number of aryl methyl sites for hydroxylation is 1. The van der Waals surface area contributed by atoms with Gasteiger partial charge in [0.1, 0.15) is 18.1 Å². The van der Waals surface area contributed by atoms with Gasteiger partial charge in [-0.25, -0.2) is 4.39 Å². The van der Waals surface area contributed by atoms with Crippen molar-refractivity contribution in [3.05, 3.63) is 35.3 Å². The van der Waals surface area contributed by atoms with E-state index < -0.39 is 0 Å². The van der Waals surface area contributed by atoms with Crippen LogP contribution in [0, 0.1) is 12.7 Å². The highest BCUT2D eigenvalue weighted by atomic mass is 19.1. The fraction of sp³-hybridized carbons (Fsp3) is 0.565. The van der Waals surface area contributed by atoms with Crippen LogP contribution in [0.4, 0.5) is 4.39 Å². The maximum atomic E-state index is 14.1. The molecule has 166 valence electrons. The van der Waals surface area contributed by atoms with Crippen molar-refractivity contribution in [2.45, 2.75) is 50.7 Å². The van der Waals surface area contributed by atoms with E-state index in [0.29, 0.717) is 29.2 Å². The van der Waals surface area contributed by atoms with E-state index in [0.717, 1.165) is 50.9 Å². The molecule has 0 bridgehead atoms. The summed E-state index contributed by atoms with van der Waals surface area (Å²) in [6, 6.07) is 5.36. The Kier molecular flexibility index (Phi) is 5.44. The summed E-state index contributed by atoms with van der Waals surface area (Å²) in [5, 5.41) is 3.61. The lowest BCUT2D eigenvalue weighted by atomic mass is 9.89. The van der Waals surface area contributed by atoms with Crippen molar-refractivity contribution < 1.29 is 18.7 Å². The number of aromatic nitrogens is 1. The van der Waals surface area contributed by atoms with E-state index in [1.54, 1.807) is 12.1 Å². The Morgan fingerprint density at radius 1 is 1.26 bits per heavy atom. The molecule has 0 spiro atoms. The molecule has 1 aliphatic carbocycles. The summed E-state index contributed by atoms with van der Waals surface area (Å²) >= 11 is 0. The first kappa shape index (κ1) is 20.5. The number of benzene rings is 1. The van der Waals surface area contributed by atoms with Gasteiger partial charge >= 0.3 is 0 Å². The molecule has 2 aromatic rings. The van der Waals surface area contributed by atoms with E-state index in [4.69, 9.17) is 4.74 Å². The van der Waals surface area contributed by atoms with Crippen molar-refractivity contribution in [3.8, 4) is 0 Å². The SMILES string of the molecule is Cc1ccc(F)c2cc(C(=O)N[C@@H]3CCC[C@@H](N4CCN5C(=O)COC[C@H]5C4)C3)[nH]c12. The topological polar surface area (TPSA) is 77.7 Å². The van der Waals surface area contributed by atoms with Crippen LogP contribution in [0.15, 0.2) is 18.2 Å². The molecule has 3 fully saturated rings. The number of morpholine rings is 1. The van der Waals surface area contributed by atoms with Gasteiger partial charge in [0.2, 0.25) is 5.91 Å². The van der Waals surface area contributed by atoms with Crippen molar-refractivity contribution in [2.75, 3.05) is 32.8 Å². The maximum Gasteiger partial charge on any atom is 0.267 e. The molecule has 31 heavy (non-hydrogen) atoms. The van der Waals surface area contributed by atoms with Gasteiger partial charge in [0, 0.05) is 37.1 Å². The summed E-state index contributed by atoms with van der Waals surface area (Å²) in [7, 11) is 0. The van der Waals surface area contributed by atoms with Gasteiger partial charge in [-0.2, -0.15) is 0 Å². The van der Waals surface area contributed by atoms with Gasteiger partial charge in [0.05, 0.1) is 18.2 Å². The highest BCUT2D eigenvalue weighted by molar-refractivity contribution is 5.99. The van der Waals surface area contributed by atoms with E-state index in [9.17, 15) is 14.0 Å². The van der Waals surface area contributed by atoms with E-state index >= 15 is 0 Å². The van der Waals surface area contributed by atoms with Gasteiger partial charge in [0.25, 0.3) is 5.91 Å². The fourth-order valence-electron chi connectivity index (χ4n) is 5.38. The first-order valence-electron chi connectivity index (χ1n) is 11.2.